The Morgan fingerprint density at radius 2 is 1.56 bits per heavy atom. The molecule has 0 saturated carbocycles. The van der Waals surface area contributed by atoms with Crippen LogP contribution < -0.4 is 38.9 Å². The highest BCUT2D eigenvalue weighted by atomic mass is 16.4. The van der Waals surface area contributed by atoms with Crippen molar-refractivity contribution >= 4 is 46.5 Å². The summed E-state index contributed by atoms with van der Waals surface area (Å²) < 4.78 is 0. The Morgan fingerprint density at radius 1 is 0.949 bits per heavy atom. The van der Waals surface area contributed by atoms with Crippen molar-refractivity contribution in [1.29, 1.82) is 0 Å². The number of rotatable bonds is 15. The third kappa shape index (κ3) is 9.62. The number of benzene rings is 1. The molecule has 2 rings (SSSR count). The molecule has 0 aliphatic rings. The Morgan fingerprint density at radius 3 is 2.18 bits per heavy atom. The van der Waals surface area contributed by atoms with Crippen molar-refractivity contribution in [2.45, 2.75) is 56.8 Å². The number of aliphatic imine (C=N–C) groups is 1. The van der Waals surface area contributed by atoms with Crippen LogP contribution in [0.3, 0.4) is 0 Å². The lowest BCUT2D eigenvalue weighted by atomic mass is 10.0. The maximum atomic E-state index is 13.2. The second kappa shape index (κ2) is 14.3. The van der Waals surface area contributed by atoms with Crippen molar-refractivity contribution < 1.29 is 29.1 Å². The van der Waals surface area contributed by atoms with Gasteiger partial charge in [0.2, 0.25) is 23.6 Å². The molecule has 4 unspecified atom stereocenters. The smallest absolute Gasteiger partial charge is 0.326 e. The lowest BCUT2D eigenvalue weighted by Crippen LogP contribution is -2.57. The summed E-state index contributed by atoms with van der Waals surface area (Å²) in [5.41, 5.74) is 22.9. The Kier molecular flexibility index (Phi) is 11.2. The first kappa shape index (κ1) is 30.6. The molecule has 4 amide bonds. The first-order valence-electron chi connectivity index (χ1n) is 12.2. The van der Waals surface area contributed by atoms with E-state index in [1.165, 1.54) is 6.92 Å². The third-order valence-corrected chi connectivity index (χ3v) is 5.74. The van der Waals surface area contributed by atoms with Crippen LogP contribution in [0.5, 0.6) is 0 Å². The molecule has 15 heteroatoms. The van der Waals surface area contributed by atoms with Crippen molar-refractivity contribution in [2.75, 3.05) is 6.54 Å². The molecule has 0 fully saturated rings. The molecule has 2 aromatic rings. The number of aromatic nitrogens is 1. The number of hydrogen-bond acceptors (Lipinski definition) is 7. The highest BCUT2D eigenvalue weighted by Crippen LogP contribution is 2.19. The topological polar surface area (TPSA) is 274 Å². The van der Waals surface area contributed by atoms with E-state index in [1.54, 1.807) is 6.20 Å². The summed E-state index contributed by atoms with van der Waals surface area (Å²) in [6, 6.07) is 2.33. The van der Waals surface area contributed by atoms with Crippen LogP contribution in [0.25, 0.3) is 10.9 Å². The van der Waals surface area contributed by atoms with Gasteiger partial charge in [-0.05, 0) is 31.4 Å². The van der Waals surface area contributed by atoms with E-state index in [0.29, 0.717) is 5.56 Å². The fourth-order valence-electron chi connectivity index (χ4n) is 3.75. The maximum Gasteiger partial charge on any atom is 0.326 e. The van der Waals surface area contributed by atoms with E-state index < -0.39 is 60.2 Å². The number of carboxylic acid groups (broad SMARTS) is 1. The van der Waals surface area contributed by atoms with Gasteiger partial charge in [-0.25, -0.2) is 4.79 Å². The molecule has 1 aromatic carbocycles. The number of primary amides is 1. The fourth-order valence-corrected chi connectivity index (χ4v) is 3.75. The summed E-state index contributed by atoms with van der Waals surface area (Å²) >= 11 is 0. The second-order valence-corrected chi connectivity index (χ2v) is 8.99. The minimum Gasteiger partial charge on any atom is -0.480 e. The van der Waals surface area contributed by atoms with Gasteiger partial charge in [0.1, 0.15) is 18.1 Å². The summed E-state index contributed by atoms with van der Waals surface area (Å²) in [4.78, 5) is 68.6. The lowest BCUT2D eigenvalue weighted by molar-refractivity contribution is -0.142. The van der Waals surface area contributed by atoms with Crippen LogP contribution in [0.2, 0.25) is 0 Å². The van der Waals surface area contributed by atoms with E-state index in [0.717, 1.165) is 10.9 Å². The van der Waals surface area contributed by atoms with Crippen LogP contribution in [0.1, 0.15) is 31.7 Å². The highest BCUT2D eigenvalue weighted by molar-refractivity contribution is 5.96. The van der Waals surface area contributed by atoms with E-state index in [-0.39, 0.29) is 31.8 Å². The Balaban J connectivity index is 2.22. The van der Waals surface area contributed by atoms with Gasteiger partial charge in [0.05, 0.1) is 12.5 Å². The van der Waals surface area contributed by atoms with Crippen molar-refractivity contribution in [2.24, 2.45) is 27.9 Å². The van der Waals surface area contributed by atoms with Gasteiger partial charge in [0, 0.05) is 30.1 Å². The van der Waals surface area contributed by atoms with Gasteiger partial charge in [0.25, 0.3) is 0 Å². The second-order valence-electron chi connectivity index (χ2n) is 8.99. The van der Waals surface area contributed by atoms with Crippen LogP contribution >= 0.6 is 0 Å². The number of fused-ring (bicyclic) bond motifs is 1. The van der Waals surface area contributed by atoms with Gasteiger partial charge < -0.3 is 49.0 Å². The molecule has 13 N–H and O–H groups in total. The van der Waals surface area contributed by atoms with Gasteiger partial charge in [-0.15, -0.1) is 0 Å². The molecule has 1 heterocycles. The van der Waals surface area contributed by atoms with Crippen molar-refractivity contribution in [3.63, 3.8) is 0 Å². The van der Waals surface area contributed by atoms with Crippen LogP contribution in [-0.2, 0) is 30.4 Å². The van der Waals surface area contributed by atoms with Gasteiger partial charge in [-0.2, -0.15) is 0 Å². The monoisotopic (exact) mass is 545 g/mol. The van der Waals surface area contributed by atoms with Crippen LogP contribution in [-0.4, -0.2) is 76.4 Å². The number of nitrogens with one attached hydrogen (secondary N) is 4. The average molecular weight is 546 g/mol. The van der Waals surface area contributed by atoms with Crippen molar-refractivity contribution in [3.8, 4) is 0 Å². The number of carboxylic acids is 1. The number of hydrogen-bond donors (Lipinski definition) is 9. The van der Waals surface area contributed by atoms with Crippen LogP contribution in [0.15, 0.2) is 35.5 Å². The van der Waals surface area contributed by atoms with E-state index in [4.69, 9.17) is 22.9 Å². The first-order chi connectivity index (χ1) is 18.4. The number of nitrogens with zero attached hydrogens (tertiary/aromatic N) is 1. The summed E-state index contributed by atoms with van der Waals surface area (Å²) in [5.74, 6) is -4.71. The van der Waals surface area contributed by atoms with Gasteiger partial charge in [-0.1, -0.05) is 18.2 Å². The Labute approximate surface area is 224 Å². The number of para-hydroxylation sites is 1. The summed E-state index contributed by atoms with van der Waals surface area (Å²) in [6.45, 7) is 1.51. The fraction of sp³-hybridized carbons (Fsp3) is 0.417. The Bertz CT molecular complexity index is 1220. The number of H-pyrrole nitrogens is 1. The van der Waals surface area contributed by atoms with Gasteiger partial charge in [0.15, 0.2) is 5.96 Å². The molecular formula is C24H35N9O6. The van der Waals surface area contributed by atoms with E-state index in [9.17, 15) is 29.1 Å². The molecule has 212 valence electrons. The lowest BCUT2D eigenvalue weighted by Gasteiger charge is -2.24. The largest absolute Gasteiger partial charge is 0.480 e. The minimum atomic E-state index is -1.41. The molecule has 0 bridgehead atoms. The third-order valence-electron chi connectivity index (χ3n) is 5.74. The first-order valence-corrected chi connectivity index (χ1v) is 12.2. The molecule has 0 radical (unpaired) electrons. The number of aromatic amines is 1. The zero-order chi connectivity index (χ0) is 29.1. The number of guanidine groups is 1. The standard InChI is InChI=1S/C24H35N9O6/c1-12(25)20(35)32-17(10-19(26)34)22(37)31-16(7-4-8-29-24(27)28)21(36)33-18(23(38)39)9-13-11-30-15-6-3-2-5-14(13)15/h2-3,5-6,11-12,16-18,30H,4,7-10,25H2,1H3,(H2,26,34)(H,31,37)(H,32,35)(H,33,36)(H,38,39)(H4,27,28,29). The van der Waals surface area contributed by atoms with Crippen LogP contribution in [0, 0.1) is 0 Å². The number of aliphatic carboxylic acids is 1. The molecule has 39 heavy (non-hydrogen) atoms. The van der Waals surface area contributed by atoms with E-state index in [2.05, 4.69) is 25.9 Å². The molecule has 0 spiro atoms. The summed E-state index contributed by atoms with van der Waals surface area (Å²) in [5, 5.41) is 17.9. The van der Waals surface area contributed by atoms with Crippen molar-refractivity contribution in [1.82, 2.24) is 20.9 Å². The van der Waals surface area contributed by atoms with E-state index >= 15 is 0 Å². The van der Waals surface area contributed by atoms with Gasteiger partial charge in [-0.3, -0.25) is 24.2 Å². The minimum absolute atomic E-state index is 0.0122. The number of nitrogens with two attached hydrogens (primary N) is 4. The molecule has 0 aliphatic carbocycles. The average Bonchev–Trinajstić information content (AvgIpc) is 3.27. The number of carbonyl (C=O) groups excluding carboxylic acids is 4. The summed E-state index contributed by atoms with van der Waals surface area (Å²) in [7, 11) is 0. The number of amides is 4. The van der Waals surface area contributed by atoms with Gasteiger partial charge >= 0.3 is 5.97 Å². The normalized spacial score (nSPS) is 13.9. The van der Waals surface area contributed by atoms with Crippen molar-refractivity contribution in [3.05, 3.63) is 36.0 Å². The molecule has 0 saturated heterocycles. The Hall–Kier alpha value is -4.66. The molecule has 0 aliphatic heterocycles. The molecule has 1 aromatic heterocycles. The zero-order valence-electron chi connectivity index (χ0n) is 21.5. The SMILES string of the molecule is CC(N)C(=O)NC(CC(N)=O)C(=O)NC(CCCN=C(N)N)C(=O)NC(Cc1c[nH]c2ccccc12)C(=O)O. The van der Waals surface area contributed by atoms with Crippen LogP contribution in [0.4, 0.5) is 0 Å². The zero-order valence-corrected chi connectivity index (χ0v) is 21.5. The predicted octanol–water partition coefficient (Wildman–Crippen LogP) is -2.47. The van der Waals surface area contributed by atoms with E-state index in [1.807, 2.05) is 24.3 Å². The molecule has 4 atom stereocenters. The highest BCUT2D eigenvalue weighted by Gasteiger charge is 2.31. The quantitative estimate of drug-likeness (QED) is 0.0650. The maximum absolute atomic E-state index is 13.2. The summed E-state index contributed by atoms with van der Waals surface area (Å²) in [6.07, 6.45) is 1.33. The number of carbonyl (C=O) groups is 5. The molecular weight excluding hydrogens is 510 g/mol. The predicted molar refractivity (Wildman–Crippen MR) is 143 cm³/mol. The molecule has 15 nitrogen and oxygen atoms in total.